The number of rotatable bonds is 2. The van der Waals surface area contributed by atoms with Gasteiger partial charge in [0.15, 0.2) is 0 Å². The number of sulfonamides is 1. The second-order valence-corrected chi connectivity index (χ2v) is 5.49. The largest absolute Gasteiger partial charge is 0.268 e. The third-order valence-electron chi connectivity index (χ3n) is 1.45. The van der Waals surface area contributed by atoms with Crippen LogP contribution in [0, 0.1) is 5.82 Å². The summed E-state index contributed by atoms with van der Waals surface area (Å²) < 4.78 is 36.8. The first kappa shape index (κ1) is 12.1. The van der Waals surface area contributed by atoms with Crippen molar-refractivity contribution >= 4 is 31.9 Å². The molecule has 82 valence electrons. The molecule has 15 heavy (non-hydrogen) atoms. The molecule has 0 atom stereocenters. The van der Waals surface area contributed by atoms with Crippen molar-refractivity contribution in [3.05, 3.63) is 34.1 Å². The maximum Gasteiger partial charge on any atom is 0.267 e. The summed E-state index contributed by atoms with van der Waals surface area (Å²) in [5.74, 6) is -1.77. The summed E-state index contributed by atoms with van der Waals surface area (Å²) in [6.45, 7) is 0. The number of benzene rings is 1. The number of halogens is 2. The van der Waals surface area contributed by atoms with E-state index in [0.29, 0.717) is 4.47 Å². The minimum absolute atomic E-state index is 0.316. The van der Waals surface area contributed by atoms with Gasteiger partial charge < -0.3 is 0 Å². The fourth-order valence-electron chi connectivity index (χ4n) is 0.897. The fraction of sp³-hybridized carbons (Fsp3) is 0.125. The van der Waals surface area contributed by atoms with Crippen LogP contribution in [0.3, 0.4) is 0 Å². The van der Waals surface area contributed by atoms with Gasteiger partial charge in [-0.2, -0.15) is 0 Å². The smallest absolute Gasteiger partial charge is 0.267 e. The Hall–Kier alpha value is -0.950. The number of hydrogen-bond acceptors (Lipinski definition) is 3. The third-order valence-corrected chi connectivity index (χ3v) is 2.50. The standard InChI is InChI=1S/C8H7BrFNO3S/c1-15(13,14)11-8(12)6-3-2-5(9)4-7(6)10/h2-4H,1H3,(H,11,12). The van der Waals surface area contributed by atoms with E-state index < -0.39 is 21.7 Å². The van der Waals surface area contributed by atoms with E-state index in [1.54, 1.807) is 4.72 Å². The van der Waals surface area contributed by atoms with E-state index in [1.165, 1.54) is 12.1 Å². The van der Waals surface area contributed by atoms with Crippen LogP contribution in [-0.2, 0) is 10.0 Å². The monoisotopic (exact) mass is 295 g/mol. The van der Waals surface area contributed by atoms with E-state index in [1.807, 2.05) is 0 Å². The molecule has 0 spiro atoms. The molecule has 1 aromatic carbocycles. The van der Waals surface area contributed by atoms with Gasteiger partial charge in [0.05, 0.1) is 11.8 Å². The molecular formula is C8H7BrFNO3S. The molecule has 7 heteroatoms. The third kappa shape index (κ3) is 3.60. The van der Waals surface area contributed by atoms with Gasteiger partial charge in [-0.25, -0.2) is 17.5 Å². The summed E-state index contributed by atoms with van der Waals surface area (Å²) >= 11 is 3.02. The van der Waals surface area contributed by atoms with E-state index >= 15 is 0 Å². The summed E-state index contributed by atoms with van der Waals surface area (Å²) in [7, 11) is -3.68. The lowest BCUT2D eigenvalue weighted by Gasteiger charge is -2.03. The van der Waals surface area contributed by atoms with E-state index in [0.717, 1.165) is 12.3 Å². The normalized spacial score (nSPS) is 11.1. The van der Waals surface area contributed by atoms with Gasteiger partial charge in [-0.15, -0.1) is 0 Å². The summed E-state index contributed by atoms with van der Waals surface area (Å²) in [5.41, 5.74) is -0.316. The van der Waals surface area contributed by atoms with Crippen molar-refractivity contribution in [1.29, 1.82) is 0 Å². The molecule has 0 aromatic heterocycles. The van der Waals surface area contributed by atoms with Crippen LogP contribution >= 0.6 is 15.9 Å². The lowest BCUT2D eigenvalue weighted by atomic mass is 10.2. The summed E-state index contributed by atoms with van der Waals surface area (Å²) in [6.07, 6.45) is 0.821. The highest BCUT2D eigenvalue weighted by Gasteiger charge is 2.15. The molecule has 0 radical (unpaired) electrons. The van der Waals surface area contributed by atoms with E-state index in [4.69, 9.17) is 0 Å². The van der Waals surface area contributed by atoms with Crippen LogP contribution < -0.4 is 4.72 Å². The molecule has 0 aliphatic carbocycles. The summed E-state index contributed by atoms with van der Waals surface area (Å²) in [4.78, 5) is 11.2. The van der Waals surface area contributed by atoms with Crippen molar-refractivity contribution in [3.8, 4) is 0 Å². The predicted molar refractivity (Wildman–Crippen MR) is 56.4 cm³/mol. The molecule has 0 heterocycles. The van der Waals surface area contributed by atoms with Gasteiger partial charge in [0.1, 0.15) is 5.82 Å². The van der Waals surface area contributed by atoms with Crippen LogP contribution in [0.2, 0.25) is 0 Å². The minimum Gasteiger partial charge on any atom is -0.268 e. The highest BCUT2D eigenvalue weighted by molar-refractivity contribution is 9.10. The molecule has 0 saturated heterocycles. The average Bonchev–Trinajstić information content (AvgIpc) is 1.99. The fourth-order valence-corrected chi connectivity index (χ4v) is 1.68. The van der Waals surface area contributed by atoms with Crippen LogP contribution in [0.25, 0.3) is 0 Å². The quantitative estimate of drug-likeness (QED) is 0.894. The van der Waals surface area contributed by atoms with E-state index in [-0.39, 0.29) is 5.56 Å². The Morgan fingerprint density at radius 3 is 2.53 bits per heavy atom. The zero-order valence-corrected chi connectivity index (χ0v) is 10.0. The number of nitrogens with one attached hydrogen (secondary N) is 1. The first-order valence-electron chi connectivity index (χ1n) is 3.77. The number of hydrogen-bond donors (Lipinski definition) is 1. The molecule has 0 bridgehead atoms. The van der Waals surface area contributed by atoms with Gasteiger partial charge in [-0.1, -0.05) is 15.9 Å². The Morgan fingerprint density at radius 2 is 2.07 bits per heavy atom. The van der Waals surface area contributed by atoms with E-state index in [9.17, 15) is 17.6 Å². The van der Waals surface area contributed by atoms with Crippen molar-refractivity contribution < 1.29 is 17.6 Å². The van der Waals surface area contributed by atoms with Crippen LogP contribution in [-0.4, -0.2) is 20.6 Å². The minimum atomic E-state index is -3.68. The Morgan fingerprint density at radius 1 is 1.47 bits per heavy atom. The van der Waals surface area contributed by atoms with Crippen molar-refractivity contribution in [2.45, 2.75) is 0 Å². The molecule has 1 aromatic rings. The molecule has 1 N–H and O–H groups in total. The summed E-state index contributed by atoms with van der Waals surface area (Å²) in [5, 5.41) is 0. The van der Waals surface area contributed by atoms with Crippen LogP contribution in [0.5, 0.6) is 0 Å². The number of carbonyl (C=O) groups excluding carboxylic acids is 1. The molecule has 0 aliphatic heterocycles. The Bertz CT molecular complexity index is 501. The van der Waals surface area contributed by atoms with Gasteiger partial charge in [0, 0.05) is 4.47 Å². The van der Waals surface area contributed by atoms with Gasteiger partial charge in [-0.3, -0.25) is 4.79 Å². The Labute approximate surface area is 94.7 Å². The Balaban J connectivity index is 3.02. The molecule has 1 rings (SSSR count). The topological polar surface area (TPSA) is 63.2 Å². The number of amides is 1. The first-order chi connectivity index (χ1) is 6.79. The van der Waals surface area contributed by atoms with Gasteiger partial charge in [0.2, 0.25) is 10.0 Å². The molecule has 0 saturated carbocycles. The maximum atomic E-state index is 13.2. The van der Waals surface area contributed by atoms with Gasteiger partial charge in [0.25, 0.3) is 5.91 Å². The van der Waals surface area contributed by atoms with Gasteiger partial charge in [-0.05, 0) is 18.2 Å². The van der Waals surface area contributed by atoms with Gasteiger partial charge >= 0.3 is 0 Å². The molecule has 0 aliphatic rings. The molecule has 1 amide bonds. The molecule has 4 nitrogen and oxygen atoms in total. The molecule has 0 fully saturated rings. The number of carbonyl (C=O) groups is 1. The highest BCUT2D eigenvalue weighted by Crippen LogP contribution is 2.15. The lowest BCUT2D eigenvalue weighted by molar-refractivity contribution is 0.0978. The van der Waals surface area contributed by atoms with Crippen molar-refractivity contribution in [3.63, 3.8) is 0 Å². The van der Waals surface area contributed by atoms with Crippen LogP contribution in [0.1, 0.15) is 10.4 Å². The molecule has 0 unspecified atom stereocenters. The maximum absolute atomic E-state index is 13.2. The van der Waals surface area contributed by atoms with E-state index in [2.05, 4.69) is 15.9 Å². The highest BCUT2D eigenvalue weighted by atomic mass is 79.9. The second kappa shape index (κ2) is 4.28. The van der Waals surface area contributed by atoms with Crippen molar-refractivity contribution in [1.82, 2.24) is 4.72 Å². The van der Waals surface area contributed by atoms with Crippen molar-refractivity contribution in [2.24, 2.45) is 0 Å². The summed E-state index contributed by atoms with van der Waals surface area (Å²) in [6, 6.07) is 3.72. The average molecular weight is 296 g/mol. The molecular weight excluding hydrogens is 289 g/mol. The second-order valence-electron chi connectivity index (χ2n) is 2.83. The van der Waals surface area contributed by atoms with Crippen molar-refractivity contribution in [2.75, 3.05) is 6.26 Å². The lowest BCUT2D eigenvalue weighted by Crippen LogP contribution is -2.29. The first-order valence-corrected chi connectivity index (χ1v) is 6.45. The van der Waals surface area contributed by atoms with Crippen LogP contribution in [0.15, 0.2) is 22.7 Å². The van der Waals surface area contributed by atoms with Crippen LogP contribution in [0.4, 0.5) is 4.39 Å². The zero-order chi connectivity index (χ0) is 11.6. The predicted octanol–water partition coefficient (Wildman–Crippen LogP) is 1.28. The zero-order valence-electron chi connectivity index (χ0n) is 7.62. The SMILES string of the molecule is CS(=O)(=O)NC(=O)c1ccc(Br)cc1F. The Kier molecular flexibility index (Phi) is 3.46.